The minimum atomic E-state index is -3.19. The molecule has 1 fully saturated rings. The van der Waals surface area contributed by atoms with Gasteiger partial charge in [-0.25, -0.2) is 18.4 Å². The van der Waals surface area contributed by atoms with E-state index in [1.54, 1.807) is 28.3 Å². The Morgan fingerprint density at radius 1 is 1.27 bits per heavy atom. The number of fused-ring (bicyclic) bond motifs is 1. The fourth-order valence-corrected chi connectivity index (χ4v) is 6.20. The Kier molecular flexibility index (Phi) is 3.35. The Morgan fingerprint density at radius 3 is 2.82 bits per heavy atom. The zero-order valence-corrected chi connectivity index (χ0v) is 13.6. The maximum absolute atomic E-state index is 11.7. The number of nitrogens with zero attached hydrogens (tertiary/aromatic N) is 3. The van der Waals surface area contributed by atoms with Crippen molar-refractivity contribution in [3.63, 3.8) is 0 Å². The van der Waals surface area contributed by atoms with Crippen LogP contribution in [-0.2, 0) is 22.7 Å². The van der Waals surface area contributed by atoms with Crippen molar-refractivity contribution in [2.24, 2.45) is 0 Å². The fraction of sp³-hybridized carbons (Fsp3) is 0.571. The number of aromatic nitrogens is 3. The molecule has 2 aromatic heterocycles. The van der Waals surface area contributed by atoms with E-state index in [0.717, 1.165) is 23.5 Å². The van der Waals surface area contributed by atoms with E-state index >= 15 is 0 Å². The van der Waals surface area contributed by atoms with Gasteiger partial charge in [-0.3, -0.25) is 0 Å². The number of aliphatic hydroxyl groups excluding tert-OH is 1. The Morgan fingerprint density at radius 2 is 2.09 bits per heavy atom. The first-order valence-electron chi connectivity index (χ1n) is 7.44. The molecule has 2 aromatic rings. The molecule has 3 heterocycles. The molecule has 0 spiro atoms. The summed E-state index contributed by atoms with van der Waals surface area (Å²) >= 11 is 1.64. The van der Waals surface area contributed by atoms with Crippen molar-refractivity contribution in [3.05, 3.63) is 23.0 Å². The molecule has 0 radical (unpaired) electrons. The summed E-state index contributed by atoms with van der Waals surface area (Å²) in [5.41, 5.74) is 1.15. The molecule has 4 rings (SSSR count). The van der Waals surface area contributed by atoms with Crippen LogP contribution in [-0.4, -0.2) is 45.7 Å². The molecule has 0 aromatic carbocycles. The molecule has 0 unspecified atom stereocenters. The van der Waals surface area contributed by atoms with Crippen molar-refractivity contribution < 1.29 is 13.5 Å². The zero-order valence-electron chi connectivity index (χ0n) is 12.0. The molecule has 118 valence electrons. The molecule has 1 aliphatic carbocycles. The van der Waals surface area contributed by atoms with Gasteiger partial charge in [0.2, 0.25) is 0 Å². The van der Waals surface area contributed by atoms with Gasteiger partial charge in [0.15, 0.2) is 20.7 Å². The molecule has 8 heteroatoms. The number of rotatable bonds is 2. The lowest BCUT2D eigenvalue weighted by Gasteiger charge is -2.16. The second-order valence-electron chi connectivity index (χ2n) is 5.97. The number of aliphatic hydroxyl groups is 1. The van der Waals surface area contributed by atoms with E-state index in [1.165, 1.54) is 17.7 Å². The van der Waals surface area contributed by atoms with Crippen LogP contribution in [0.25, 0.3) is 10.8 Å². The Labute approximate surface area is 132 Å². The monoisotopic (exact) mass is 339 g/mol. The molecule has 2 atom stereocenters. The average Bonchev–Trinajstić information content (AvgIpc) is 3.14. The van der Waals surface area contributed by atoms with Crippen LogP contribution in [0.15, 0.2) is 12.4 Å². The van der Waals surface area contributed by atoms with E-state index < -0.39 is 22.0 Å². The quantitative estimate of drug-likeness (QED) is 0.889. The molecule has 0 bridgehead atoms. The highest BCUT2D eigenvalue weighted by atomic mass is 32.2. The molecular formula is C14H17N3O3S2. The van der Waals surface area contributed by atoms with E-state index in [0.29, 0.717) is 5.82 Å². The van der Waals surface area contributed by atoms with Gasteiger partial charge in [0, 0.05) is 17.3 Å². The number of sulfone groups is 1. The Hall–Kier alpha value is -1.25. The van der Waals surface area contributed by atoms with Crippen molar-refractivity contribution in [2.45, 2.75) is 37.8 Å². The van der Waals surface area contributed by atoms with Crippen LogP contribution in [0, 0.1) is 0 Å². The van der Waals surface area contributed by atoms with Gasteiger partial charge in [-0.2, -0.15) is 0 Å². The SMILES string of the molecule is O=S1(=O)C[C@H](O)[C@@H](n2ccnc2-c2nc3c(s2)CCCC3)C1. The second-order valence-corrected chi connectivity index (χ2v) is 9.20. The van der Waals surface area contributed by atoms with Crippen LogP contribution < -0.4 is 0 Å². The second kappa shape index (κ2) is 5.14. The lowest BCUT2D eigenvalue weighted by Crippen LogP contribution is -2.22. The zero-order chi connectivity index (χ0) is 15.3. The van der Waals surface area contributed by atoms with Gasteiger partial charge in [0.05, 0.1) is 29.3 Å². The van der Waals surface area contributed by atoms with Crippen molar-refractivity contribution in [1.82, 2.24) is 14.5 Å². The topological polar surface area (TPSA) is 85.1 Å². The number of hydrogen-bond acceptors (Lipinski definition) is 6. The summed E-state index contributed by atoms with van der Waals surface area (Å²) in [6.07, 6.45) is 6.94. The maximum Gasteiger partial charge on any atom is 0.169 e. The van der Waals surface area contributed by atoms with Crippen LogP contribution >= 0.6 is 11.3 Å². The predicted octanol–water partition coefficient (Wildman–Crippen LogP) is 1.22. The molecule has 2 aliphatic rings. The first-order chi connectivity index (χ1) is 10.5. The first-order valence-corrected chi connectivity index (χ1v) is 10.1. The third-order valence-electron chi connectivity index (χ3n) is 4.36. The predicted molar refractivity (Wildman–Crippen MR) is 83.7 cm³/mol. The van der Waals surface area contributed by atoms with E-state index in [9.17, 15) is 13.5 Å². The van der Waals surface area contributed by atoms with Gasteiger partial charge in [0.1, 0.15) is 0 Å². The minimum absolute atomic E-state index is 0.0391. The highest BCUT2D eigenvalue weighted by molar-refractivity contribution is 7.91. The molecule has 1 aliphatic heterocycles. The molecule has 6 nitrogen and oxygen atoms in total. The molecule has 0 saturated carbocycles. The third-order valence-corrected chi connectivity index (χ3v) is 7.21. The Balaban J connectivity index is 1.73. The van der Waals surface area contributed by atoms with E-state index in [-0.39, 0.29) is 11.5 Å². The van der Waals surface area contributed by atoms with Gasteiger partial charge < -0.3 is 9.67 Å². The molecule has 1 N–H and O–H groups in total. The van der Waals surface area contributed by atoms with E-state index in [4.69, 9.17) is 4.98 Å². The average molecular weight is 339 g/mol. The van der Waals surface area contributed by atoms with Gasteiger partial charge in [-0.1, -0.05) is 0 Å². The number of aryl methyl sites for hydroxylation is 2. The van der Waals surface area contributed by atoms with Crippen LogP contribution in [0.1, 0.15) is 29.5 Å². The normalized spacial score (nSPS) is 27.0. The summed E-state index contributed by atoms with van der Waals surface area (Å²) in [5.74, 6) is 0.451. The van der Waals surface area contributed by atoms with Crippen LogP contribution in [0.3, 0.4) is 0 Å². The fourth-order valence-electron chi connectivity index (χ4n) is 3.27. The smallest absolute Gasteiger partial charge is 0.169 e. The summed E-state index contributed by atoms with van der Waals surface area (Å²) in [5, 5.41) is 10.9. The standard InChI is InChI=1S/C14H17N3O3S2/c18-11-8-22(19,20)7-10(11)17-6-5-15-13(17)14-16-9-3-1-2-4-12(9)21-14/h5-6,10-11,18H,1-4,7-8H2/t10-,11-/m0/s1. The minimum Gasteiger partial charge on any atom is -0.390 e. The highest BCUT2D eigenvalue weighted by Crippen LogP contribution is 2.34. The van der Waals surface area contributed by atoms with Gasteiger partial charge >= 0.3 is 0 Å². The summed E-state index contributed by atoms with van der Waals surface area (Å²) in [6, 6.07) is -0.469. The summed E-state index contributed by atoms with van der Waals surface area (Å²) < 4.78 is 25.3. The van der Waals surface area contributed by atoms with Crippen LogP contribution in [0.2, 0.25) is 0 Å². The van der Waals surface area contributed by atoms with Gasteiger partial charge in [-0.15, -0.1) is 11.3 Å². The van der Waals surface area contributed by atoms with Crippen molar-refractivity contribution in [3.8, 4) is 10.8 Å². The summed E-state index contributed by atoms with van der Waals surface area (Å²) in [4.78, 5) is 10.4. The molecule has 1 saturated heterocycles. The van der Waals surface area contributed by atoms with E-state index in [1.807, 2.05) is 0 Å². The van der Waals surface area contributed by atoms with Crippen molar-refractivity contribution >= 4 is 21.2 Å². The number of hydrogen-bond donors (Lipinski definition) is 1. The number of imidazole rings is 1. The number of thiazole rings is 1. The Bertz CT molecular complexity index is 786. The van der Waals surface area contributed by atoms with Gasteiger partial charge in [-0.05, 0) is 25.7 Å². The maximum atomic E-state index is 11.7. The lowest BCUT2D eigenvalue weighted by molar-refractivity contribution is 0.154. The van der Waals surface area contributed by atoms with Crippen molar-refractivity contribution in [2.75, 3.05) is 11.5 Å². The third kappa shape index (κ3) is 2.39. The summed E-state index contributed by atoms with van der Waals surface area (Å²) in [7, 11) is -3.19. The van der Waals surface area contributed by atoms with Crippen LogP contribution in [0.5, 0.6) is 0 Å². The lowest BCUT2D eigenvalue weighted by atomic mass is 10.0. The highest BCUT2D eigenvalue weighted by Gasteiger charge is 2.38. The largest absolute Gasteiger partial charge is 0.390 e. The summed E-state index contributed by atoms with van der Waals surface area (Å²) in [6.45, 7) is 0. The van der Waals surface area contributed by atoms with Gasteiger partial charge in [0.25, 0.3) is 0 Å². The van der Waals surface area contributed by atoms with Crippen molar-refractivity contribution in [1.29, 1.82) is 0 Å². The first kappa shape index (κ1) is 14.3. The van der Waals surface area contributed by atoms with Crippen LogP contribution in [0.4, 0.5) is 0 Å². The molecule has 0 amide bonds. The van der Waals surface area contributed by atoms with E-state index in [2.05, 4.69) is 4.98 Å². The molecular weight excluding hydrogens is 322 g/mol. The molecule has 22 heavy (non-hydrogen) atoms.